The van der Waals surface area contributed by atoms with E-state index in [1.807, 2.05) is 0 Å². The molecule has 0 atom stereocenters. The van der Waals surface area contributed by atoms with Gasteiger partial charge >= 0.3 is 12.4 Å². The summed E-state index contributed by atoms with van der Waals surface area (Å²) in [5.74, 6) is -23.3. The summed E-state index contributed by atoms with van der Waals surface area (Å²) in [6.45, 7) is 0. The first kappa shape index (κ1) is 30.0. The van der Waals surface area contributed by atoms with E-state index >= 15 is 17.6 Å². The van der Waals surface area contributed by atoms with E-state index in [1.165, 1.54) is 0 Å². The Labute approximate surface area is 228 Å². The molecule has 43 heavy (non-hydrogen) atoms. The predicted octanol–water partition coefficient (Wildman–Crippen LogP) is 10.6. The van der Waals surface area contributed by atoms with Gasteiger partial charge in [0, 0.05) is 11.1 Å². The first-order valence-electron chi connectivity index (χ1n) is 11.4. The second-order valence-electron chi connectivity index (χ2n) is 8.99. The van der Waals surface area contributed by atoms with Crippen molar-refractivity contribution in [3.63, 3.8) is 0 Å². The van der Waals surface area contributed by atoms with E-state index in [4.69, 9.17) is 0 Å². The van der Waals surface area contributed by atoms with E-state index in [0.29, 0.717) is 18.2 Å². The predicted molar refractivity (Wildman–Crippen MR) is 122 cm³/mol. The lowest BCUT2D eigenvalue weighted by molar-refractivity contribution is -0.144. The zero-order chi connectivity index (χ0) is 31.9. The molecule has 0 fully saturated rings. The van der Waals surface area contributed by atoms with Gasteiger partial charge in [-0.25, -0.2) is 39.5 Å². The van der Waals surface area contributed by atoms with Gasteiger partial charge in [0.15, 0.2) is 46.5 Å². The first-order chi connectivity index (χ1) is 19.9. The van der Waals surface area contributed by atoms with Crippen LogP contribution in [0.1, 0.15) is 11.1 Å². The van der Waals surface area contributed by atoms with E-state index in [0.717, 1.165) is 24.3 Å². The molecule has 0 amide bonds. The Morgan fingerprint density at radius 1 is 0.349 bits per heavy atom. The highest BCUT2D eigenvalue weighted by Crippen LogP contribution is 2.49. The topological polar surface area (TPSA) is 0 Å². The van der Waals surface area contributed by atoms with Gasteiger partial charge in [0.1, 0.15) is 16.9 Å². The summed E-state index contributed by atoms with van der Waals surface area (Å²) in [6.07, 6.45) is -11.8. The molecule has 0 radical (unpaired) electrons. The molecule has 0 aliphatic rings. The van der Waals surface area contributed by atoms with Crippen molar-refractivity contribution < 1.29 is 65.9 Å². The summed E-state index contributed by atoms with van der Waals surface area (Å²) in [4.78, 5) is 0. The minimum absolute atomic E-state index is 0.361. The molecule has 0 saturated heterocycles. The molecule has 0 aliphatic heterocycles. The highest BCUT2D eigenvalue weighted by molar-refractivity contribution is 6.21. The largest absolute Gasteiger partial charge is 0.422 e. The van der Waals surface area contributed by atoms with E-state index < -0.39 is 120 Å². The molecule has 5 rings (SSSR count). The van der Waals surface area contributed by atoms with E-state index in [2.05, 4.69) is 0 Å². The van der Waals surface area contributed by atoms with Crippen molar-refractivity contribution in [3.8, 4) is 22.3 Å². The molecular weight excluding hydrogens is 621 g/mol. The summed E-state index contributed by atoms with van der Waals surface area (Å²) < 4.78 is 213. The zero-order valence-electron chi connectivity index (χ0n) is 20.2. The van der Waals surface area contributed by atoms with Crippen LogP contribution >= 0.6 is 0 Å². The molecule has 15 heteroatoms. The van der Waals surface area contributed by atoms with Crippen LogP contribution in [0.2, 0.25) is 0 Å². The van der Waals surface area contributed by atoms with Crippen LogP contribution in [-0.2, 0) is 12.4 Å². The Bertz CT molecular complexity index is 1930. The molecule has 224 valence electrons. The van der Waals surface area contributed by atoms with Crippen LogP contribution in [0, 0.1) is 52.4 Å². The van der Waals surface area contributed by atoms with Crippen LogP contribution in [0.15, 0.2) is 42.5 Å². The Balaban J connectivity index is 2.05. The lowest BCUT2D eigenvalue weighted by Gasteiger charge is -2.21. The molecule has 0 heterocycles. The Morgan fingerprint density at radius 2 is 0.674 bits per heavy atom. The number of hydrogen-bond acceptors (Lipinski definition) is 0. The van der Waals surface area contributed by atoms with Crippen LogP contribution in [0.4, 0.5) is 65.9 Å². The molecule has 5 aromatic rings. The summed E-state index contributed by atoms with van der Waals surface area (Å²) >= 11 is 0. The number of benzene rings is 5. The molecule has 5 aromatic carbocycles. The molecule has 0 aliphatic carbocycles. The lowest BCUT2D eigenvalue weighted by Crippen LogP contribution is -2.16. The molecule has 0 spiro atoms. The number of fused-ring (bicyclic) bond motifs is 2. The number of alkyl halides is 6. The summed E-state index contributed by atoms with van der Waals surface area (Å²) in [6, 6.07) is 5.28. The van der Waals surface area contributed by atoms with Gasteiger partial charge in [-0.3, -0.25) is 0 Å². The van der Waals surface area contributed by atoms with Crippen LogP contribution in [0.3, 0.4) is 0 Å². The maximum atomic E-state index is 15.2. The Morgan fingerprint density at radius 3 is 1.02 bits per heavy atom. The number of hydrogen-bond donors (Lipinski definition) is 0. The molecule has 0 saturated carbocycles. The van der Waals surface area contributed by atoms with Gasteiger partial charge in [0.2, 0.25) is 0 Å². The zero-order valence-corrected chi connectivity index (χ0v) is 20.2. The van der Waals surface area contributed by atoms with Crippen LogP contribution in [0.5, 0.6) is 0 Å². The molecule has 0 aromatic heterocycles. The van der Waals surface area contributed by atoms with E-state index in [-0.39, 0.29) is 0 Å². The van der Waals surface area contributed by atoms with Gasteiger partial charge in [-0.2, -0.15) is 26.3 Å². The summed E-state index contributed by atoms with van der Waals surface area (Å²) in [7, 11) is 0. The van der Waals surface area contributed by atoms with Gasteiger partial charge in [-0.05, 0) is 33.7 Å². The molecule has 0 bridgehead atoms. The first-order valence-corrected chi connectivity index (χ1v) is 11.4. The van der Waals surface area contributed by atoms with Crippen molar-refractivity contribution >= 4 is 21.5 Å². The van der Waals surface area contributed by atoms with Gasteiger partial charge in [-0.15, -0.1) is 0 Å². The van der Waals surface area contributed by atoms with E-state index in [1.54, 1.807) is 0 Å². The lowest BCUT2D eigenvalue weighted by atomic mass is 9.84. The molecule has 0 unspecified atom stereocenters. The average molecular weight is 628 g/mol. The fourth-order valence-electron chi connectivity index (χ4n) is 4.89. The van der Waals surface area contributed by atoms with Gasteiger partial charge < -0.3 is 0 Å². The van der Waals surface area contributed by atoms with Crippen molar-refractivity contribution in [1.82, 2.24) is 0 Å². The normalized spacial score (nSPS) is 12.5. The van der Waals surface area contributed by atoms with Crippen molar-refractivity contribution in [2.75, 3.05) is 0 Å². The van der Waals surface area contributed by atoms with E-state index in [9.17, 15) is 48.3 Å². The minimum Gasteiger partial charge on any atom is -0.207 e. The Kier molecular flexibility index (Phi) is 6.85. The third-order valence-electron chi connectivity index (χ3n) is 6.58. The van der Waals surface area contributed by atoms with Crippen LogP contribution < -0.4 is 0 Å². The third kappa shape index (κ3) is 4.43. The van der Waals surface area contributed by atoms with Crippen molar-refractivity contribution in [2.24, 2.45) is 0 Å². The smallest absolute Gasteiger partial charge is 0.207 e. The standard InChI is InChI=1S/C28H7F15/c29-8-5-6-11-12(7-8)14(16-21(32)25(36)18(28(41,42)43)26(37)22(16)33)10-4-2-1-3-9(10)13(11)15-19(30)23(34)17(27(38,39)40)24(35)20(15)31/h1-7H. The highest BCUT2D eigenvalue weighted by atomic mass is 19.4. The summed E-state index contributed by atoms with van der Waals surface area (Å²) in [5, 5.41) is -3.09. The fourth-order valence-corrected chi connectivity index (χ4v) is 4.89. The summed E-state index contributed by atoms with van der Waals surface area (Å²) in [5.41, 5.74) is -11.5. The van der Waals surface area contributed by atoms with Crippen molar-refractivity contribution in [1.29, 1.82) is 0 Å². The minimum atomic E-state index is -5.93. The fraction of sp³-hybridized carbons (Fsp3) is 0.0714. The maximum absolute atomic E-state index is 15.2. The third-order valence-corrected chi connectivity index (χ3v) is 6.58. The van der Waals surface area contributed by atoms with Crippen molar-refractivity contribution in [2.45, 2.75) is 12.4 Å². The maximum Gasteiger partial charge on any atom is 0.422 e. The average Bonchev–Trinajstić information content (AvgIpc) is 2.90. The van der Waals surface area contributed by atoms with Crippen LogP contribution in [0.25, 0.3) is 43.8 Å². The molecular formula is C28H7F15. The molecule has 0 nitrogen and oxygen atoms in total. The monoisotopic (exact) mass is 628 g/mol. The second-order valence-corrected chi connectivity index (χ2v) is 8.99. The van der Waals surface area contributed by atoms with Crippen molar-refractivity contribution in [3.05, 3.63) is 106 Å². The highest BCUT2D eigenvalue weighted by Gasteiger charge is 2.44. The quantitative estimate of drug-likeness (QED) is 0.104. The van der Waals surface area contributed by atoms with Gasteiger partial charge in [0.05, 0.1) is 11.1 Å². The SMILES string of the molecule is Fc1ccc2c(-c3c(F)c(F)c(C(F)(F)F)c(F)c3F)c3ccccc3c(-c3c(F)c(F)c(C(F)(F)F)c(F)c3F)c2c1. The second kappa shape index (κ2) is 9.81. The number of halogens is 15. The van der Waals surface area contributed by atoms with Crippen LogP contribution in [-0.4, -0.2) is 0 Å². The van der Waals surface area contributed by atoms with Gasteiger partial charge in [-0.1, -0.05) is 30.3 Å². The Hall–Kier alpha value is -4.43. The number of rotatable bonds is 2. The molecule has 0 N–H and O–H groups in total. The van der Waals surface area contributed by atoms with Gasteiger partial charge in [0.25, 0.3) is 0 Å².